The summed E-state index contributed by atoms with van der Waals surface area (Å²) in [4.78, 5) is 0. The number of hydrogen-bond acceptors (Lipinski definition) is 2. The minimum Gasteiger partial charge on any atom is -0.484 e. The van der Waals surface area contributed by atoms with Gasteiger partial charge in [-0.05, 0) is 43.0 Å². The topological polar surface area (TPSA) is 9.23 Å². The largest absolute Gasteiger partial charge is 0.484 e. The molecule has 0 saturated heterocycles. The molecular weight excluding hydrogens is 260 g/mol. The lowest BCUT2D eigenvalue weighted by Crippen LogP contribution is -1.86. The second-order valence-electron chi connectivity index (χ2n) is 3.14. The number of benzene rings is 1. The van der Waals surface area contributed by atoms with Crippen LogP contribution in [0.4, 0.5) is 0 Å². The summed E-state index contributed by atoms with van der Waals surface area (Å²) in [7, 11) is 0. The van der Waals surface area contributed by atoms with Gasteiger partial charge in [0.05, 0.1) is 6.61 Å². The van der Waals surface area contributed by atoms with Gasteiger partial charge in [0.25, 0.3) is 0 Å². The Morgan fingerprint density at radius 2 is 2.14 bits per heavy atom. The SMILES string of the molecule is CCOc1cc2cc(Br)cc(C)c2s1. The molecule has 0 aliphatic rings. The molecule has 1 nitrogen and oxygen atoms in total. The van der Waals surface area contributed by atoms with Crippen molar-refractivity contribution in [2.24, 2.45) is 0 Å². The molecule has 0 saturated carbocycles. The lowest BCUT2D eigenvalue weighted by atomic mass is 10.2. The molecule has 2 aromatic rings. The summed E-state index contributed by atoms with van der Waals surface area (Å²) in [6.07, 6.45) is 0. The summed E-state index contributed by atoms with van der Waals surface area (Å²) in [6.45, 7) is 4.86. The monoisotopic (exact) mass is 270 g/mol. The molecule has 0 fully saturated rings. The average molecular weight is 271 g/mol. The van der Waals surface area contributed by atoms with Crippen molar-refractivity contribution in [3.8, 4) is 5.06 Å². The maximum atomic E-state index is 5.49. The van der Waals surface area contributed by atoms with Gasteiger partial charge >= 0.3 is 0 Å². The van der Waals surface area contributed by atoms with E-state index in [-0.39, 0.29) is 0 Å². The fourth-order valence-corrected chi connectivity index (χ4v) is 3.08. The van der Waals surface area contributed by atoms with Crippen molar-refractivity contribution in [3.05, 3.63) is 28.2 Å². The van der Waals surface area contributed by atoms with E-state index < -0.39 is 0 Å². The van der Waals surface area contributed by atoms with Gasteiger partial charge in [0.1, 0.15) is 0 Å². The van der Waals surface area contributed by atoms with Crippen LogP contribution in [0.1, 0.15) is 12.5 Å². The van der Waals surface area contributed by atoms with E-state index in [1.165, 1.54) is 15.6 Å². The van der Waals surface area contributed by atoms with Crippen molar-refractivity contribution < 1.29 is 4.74 Å². The lowest BCUT2D eigenvalue weighted by molar-refractivity contribution is 0.350. The molecule has 0 spiro atoms. The van der Waals surface area contributed by atoms with E-state index in [0.717, 1.165) is 16.1 Å². The lowest BCUT2D eigenvalue weighted by Gasteiger charge is -1.96. The van der Waals surface area contributed by atoms with Crippen LogP contribution in [0.5, 0.6) is 5.06 Å². The molecular formula is C11H11BrOS. The van der Waals surface area contributed by atoms with Crippen molar-refractivity contribution in [2.45, 2.75) is 13.8 Å². The van der Waals surface area contributed by atoms with Crippen molar-refractivity contribution >= 4 is 37.4 Å². The summed E-state index contributed by atoms with van der Waals surface area (Å²) >= 11 is 5.21. The molecule has 1 aromatic heterocycles. The number of hydrogen-bond donors (Lipinski definition) is 0. The molecule has 1 aromatic carbocycles. The van der Waals surface area contributed by atoms with Crippen LogP contribution in [0.3, 0.4) is 0 Å². The molecule has 74 valence electrons. The van der Waals surface area contributed by atoms with Crippen LogP contribution in [0.25, 0.3) is 10.1 Å². The van der Waals surface area contributed by atoms with Crippen LogP contribution in [0, 0.1) is 6.92 Å². The number of thiophene rings is 1. The fourth-order valence-electron chi connectivity index (χ4n) is 1.47. The maximum Gasteiger partial charge on any atom is 0.174 e. The summed E-state index contributed by atoms with van der Waals surface area (Å²) in [5.74, 6) is 0. The van der Waals surface area contributed by atoms with E-state index in [9.17, 15) is 0 Å². The molecule has 3 heteroatoms. The minimum atomic E-state index is 0.729. The molecule has 0 bridgehead atoms. The summed E-state index contributed by atoms with van der Waals surface area (Å²) in [5, 5.41) is 2.26. The van der Waals surface area contributed by atoms with Crippen LogP contribution in [0.2, 0.25) is 0 Å². The van der Waals surface area contributed by atoms with E-state index in [1.807, 2.05) is 6.92 Å². The molecule has 0 radical (unpaired) electrons. The molecule has 0 aliphatic heterocycles. The van der Waals surface area contributed by atoms with Crippen molar-refractivity contribution in [3.63, 3.8) is 0 Å². The molecule has 0 atom stereocenters. The number of aryl methyl sites for hydroxylation is 1. The highest BCUT2D eigenvalue weighted by Gasteiger charge is 2.05. The highest BCUT2D eigenvalue weighted by Crippen LogP contribution is 2.35. The van der Waals surface area contributed by atoms with Crippen molar-refractivity contribution in [1.29, 1.82) is 0 Å². The smallest absolute Gasteiger partial charge is 0.174 e. The predicted molar refractivity (Wildman–Crippen MR) is 65.4 cm³/mol. The van der Waals surface area contributed by atoms with Crippen molar-refractivity contribution in [2.75, 3.05) is 6.61 Å². The van der Waals surface area contributed by atoms with Gasteiger partial charge in [-0.3, -0.25) is 0 Å². The Hall–Kier alpha value is -0.540. The highest BCUT2D eigenvalue weighted by molar-refractivity contribution is 9.10. The molecule has 0 N–H and O–H groups in total. The van der Waals surface area contributed by atoms with E-state index in [0.29, 0.717) is 0 Å². The van der Waals surface area contributed by atoms with Gasteiger partial charge in [-0.1, -0.05) is 27.3 Å². The second-order valence-corrected chi connectivity index (χ2v) is 5.07. The van der Waals surface area contributed by atoms with Gasteiger partial charge in [-0.25, -0.2) is 0 Å². The quantitative estimate of drug-likeness (QED) is 0.788. The van der Waals surface area contributed by atoms with Gasteiger partial charge in [-0.15, -0.1) is 0 Å². The van der Waals surface area contributed by atoms with Crippen molar-refractivity contribution in [1.82, 2.24) is 0 Å². The molecule has 14 heavy (non-hydrogen) atoms. The Morgan fingerprint density at radius 3 is 2.86 bits per heavy atom. The third-order valence-corrected chi connectivity index (χ3v) is 3.69. The normalized spacial score (nSPS) is 10.8. The Balaban J connectivity index is 2.58. The Labute approximate surface area is 95.8 Å². The summed E-state index contributed by atoms with van der Waals surface area (Å²) in [5.41, 5.74) is 1.30. The predicted octanol–water partition coefficient (Wildman–Crippen LogP) is 4.37. The van der Waals surface area contributed by atoms with E-state index in [2.05, 4.69) is 41.1 Å². The first-order valence-electron chi connectivity index (χ1n) is 4.53. The zero-order chi connectivity index (χ0) is 10.1. The summed E-state index contributed by atoms with van der Waals surface area (Å²) in [6, 6.07) is 6.36. The highest BCUT2D eigenvalue weighted by atomic mass is 79.9. The van der Waals surface area contributed by atoms with Gasteiger partial charge in [0, 0.05) is 9.17 Å². The fraction of sp³-hybridized carbons (Fsp3) is 0.273. The first-order chi connectivity index (χ1) is 6.70. The van der Waals surface area contributed by atoms with Crippen LogP contribution in [-0.2, 0) is 0 Å². The van der Waals surface area contributed by atoms with E-state index in [1.54, 1.807) is 11.3 Å². The summed E-state index contributed by atoms with van der Waals surface area (Å²) < 4.78 is 7.93. The molecule has 0 aliphatic carbocycles. The molecule has 2 rings (SSSR count). The van der Waals surface area contributed by atoms with Crippen LogP contribution >= 0.6 is 27.3 Å². The molecule has 1 heterocycles. The van der Waals surface area contributed by atoms with Crippen LogP contribution in [0.15, 0.2) is 22.7 Å². The molecule has 0 amide bonds. The van der Waals surface area contributed by atoms with Gasteiger partial charge in [0.2, 0.25) is 0 Å². The van der Waals surface area contributed by atoms with Gasteiger partial charge in [0.15, 0.2) is 5.06 Å². The van der Waals surface area contributed by atoms with Gasteiger partial charge in [-0.2, -0.15) is 0 Å². The Kier molecular flexibility index (Phi) is 2.79. The number of halogens is 1. The van der Waals surface area contributed by atoms with Gasteiger partial charge < -0.3 is 4.74 Å². The Morgan fingerprint density at radius 1 is 1.36 bits per heavy atom. The van der Waals surface area contributed by atoms with E-state index >= 15 is 0 Å². The number of fused-ring (bicyclic) bond motifs is 1. The third kappa shape index (κ3) is 1.79. The maximum absolute atomic E-state index is 5.49. The first-order valence-corrected chi connectivity index (χ1v) is 6.14. The van der Waals surface area contributed by atoms with Crippen LogP contribution in [-0.4, -0.2) is 6.61 Å². The second kappa shape index (κ2) is 3.91. The number of rotatable bonds is 2. The van der Waals surface area contributed by atoms with E-state index in [4.69, 9.17) is 4.74 Å². The average Bonchev–Trinajstić information content (AvgIpc) is 2.48. The van der Waals surface area contributed by atoms with Crippen LogP contribution < -0.4 is 4.74 Å². The Bertz CT molecular complexity index is 462. The zero-order valence-corrected chi connectivity index (χ0v) is 10.5. The molecule has 0 unspecified atom stereocenters. The third-order valence-electron chi connectivity index (χ3n) is 2.03. The standard InChI is InChI=1S/C11H11BrOS/c1-3-13-10-6-8-5-9(12)4-7(2)11(8)14-10/h4-6H,3H2,1-2H3. The first kappa shape index (κ1) is 9.99. The zero-order valence-electron chi connectivity index (χ0n) is 8.13. The minimum absolute atomic E-state index is 0.729. The number of ether oxygens (including phenoxy) is 1.